The fourth-order valence-electron chi connectivity index (χ4n) is 2.77. The van der Waals surface area contributed by atoms with Gasteiger partial charge in [0, 0.05) is 30.4 Å². The lowest BCUT2D eigenvalue weighted by molar-refractivity contribution is 0.181. The normalized spacial score (nSPS) is 15.8. The van der Waals surface area contributed by atoms with Crippen molar-refractivity contribution in [3.8, 4) is 0 Å². The molecule has 2 amide bonds. The Bertz CT molecular complexity index is 623. The average Bonchev–Trinajstić information content (AvgIpc) is 2.99. The number of nitrogens with zero attached hydrogens (tertiary/aromatic N) is 2. The molecule has 1 N–H and O–H groups in total. The van der Waals surface area contributed by atoms with E-state index >= 15 is 0 Å². The third-order valence-electron chi connectivity index (χ3n) is 4.00. The summed E-state index contributed by atoms with van der Waals surface area (Å²) in [5.41, 5.74) is 1.32. The predicted molar refractivity (Wildman–Crippen MR) is 89.3 cm³/mol. The molecular weight excluding hydrogens is 318 g/mol. The molecule has 3 rings (SSSR count). The molecule has 22 heavy (non-hydrogen) atoms. The van der Waals surface area contributed by atoms with Crippen LogP contribution in [0.15, 0.2) is 36.7 Å². The van der Waals surface area contributed by atoms with Crippen molar-refractivity contribution >= 4 is 29.0 Å². The molecular formula is C16H18ClN3OS. The molecule has 0 bridgehead atoms. The maximum Gasteiger partial charge on any atom is 0.317 e. The van der Waals surface area contributed by atoms with E-state index in [-0.39, 0.29) is 6.03 Å². The zero-order valence-electron chi connectivity index (χ0n) is 12.2. The van der Waals surface area contributed by atoms with Crippen LogP contribution >= 0.6 is 22.9 Å². The predicted octanol–water partition coefficient (Wildman–Crippen LogP) is 3.89. The topological polar surface area (TPSA) is 45.2 Å². The summed E-state index contributed by atoms with van der Waals surface area (Å²) in [6, 6.07) is 7.95. The Hall–Kier alpha value is -1.59. The summed E-state index contributed by atoms with van der Waals surface area (Å²) >= 11 is 7.39. The first-order chi connectivity index (χ1) is 10.7. The maximum atomic E-state index is 12.2. The number of urea groups is 1. The molecule has 4 nitrogen and oxygen atoms in total. The molecule has 2 aromatic rings. The molecule has 0 aromatic carbocycles. The van der Waals surface area contributed by atoms with Gasteiger partial charge in [-0.2, -0.15) is 0 Å². The largest absolute Gasteiger partial charge is 0.333 e. The monoisotopic (exact) mass is 335 g/mol. The number of hydrogen-bond acceptors (Lipinski definition) is 3. The minimum Gasteiger partial charge on any atom is -0.333 e. The highest BCUT2D eigenvalue weighted by molar-refractivity contribution is 7.16. The van der Waals surface area contributed by atoms with Crippen molar-refractivity contribution in [3.05, 3.63) is 51.4 Å². The second kappa shape index (κ2) is 7.11. The van der Waals surface area contributed by atoms with E-state index in [1.54, 1.807) is 0 Å². The van der Waals surface area contributed by atoms with Gasteiger partial charge >= 0.3 is 6.03 Å². The summed E-state index contributed by atoms with van der Waals surface area (Å²) in [4.78, 5) is 19.2. The Labute approximate surface area is 139 Å². The molecule has 0 saturated carbocycles. The second-order valence-electron chi connectivity index (χ2n) is 5.41. The molecule has 0 aliphatic carbocycles. The number of pyridine rings is 1. The zero-order valence-corrected chi connectivity index (χ0v) is 13.7. The van der Waals surface area contributed by atoms with Gasteiger partial charge in [-0.25, -0.2) is 4.79 Å². The number of nitrogens with one attached hydrogen (secondary N) is 1. The van der Waals surface area contributed by atoms with Crippen LogP contribution in [-0.4, -0.2) is 29.0 Å². The highest BCUT2D eigenvalue weighted by Crippen LogP contribution is 2.27. The number of aromatic nitrogens is 1. The molecule has 0 radical (unpaired) electrons. The number of hydrogen-bond donors (Lipinski definition) is 1. The fourth-order valence-corrected chi connectivity index (χ4v) is 3.80. The van der Waals surface area contributed by atoms with Crippen LogP contribution in [0.2, 0.25) is 4.34 Å². The first-order valence-corrected chi connectivity index (χ1v) is 8.59. The van der Waals surface area contributed by atoms with Crippen molar-refractivity contribution in [2.45, 2.75) is 25.3 Å². The molecule has 1 saturated heterocycles. The van der Waals surface area contributed by atoms with Gasteiger partial charge in [0.05, 0.1) is 10.9 Å². The van der Waals surface area contributed by atoms with Crippen LogP contribution in [0.3, 0.4) is 0 Å². The van der Waals surface area contributed by atoms with E-state index in [0.29, 0.717) is 12.5 Å². The van der Waals surface area contributed by atoms with Gasteiger partial charge in [-0.05, 0) is 48.6 Å². The summed E-state index contributed by atoms with van der Waals surface area (Å²) in [6.45, 7) is 2.13. The number of carbonyl (C=O) groups excluding carboxylic acids is 1. The van der Waals surface area contributed by atoms with E-state index < -0.39 is 0 Å². The standard InChI is InChI=1S/C16H18ClN3OS/c17-15-2-1-14(22-15)11-19-16(21)20-9-5-13(6-10-20)12-3-7-18-8-4-12/h1-4,7-8,13H,5-6,9-11H2,(H,19,21). The van der Waals surface area contributed by atoms with Crippen LogP contribution in [0.25, 0.3) is 0 Å². The zero-order chi connectivity index (χ0) is 15.4. The smallest absolute Gasteiger partial charge is 0.317 e. The first-order valence-electron chi connectivity index (χ1n) is 7.39. The van der Waals surface area contributed by atoms with Crippen LogP contribution in [-0.2, 0) is 6.54 Å². The number of rotatable bonds is 3. The highest BCUT2D eigenvalue weighted by atomic mass is 35.5. The molecule has 0 unspecified atom stereocenters. The number of amides is 2. The van der Waals surface area contributed by atoms with Gasteiger partial charge in [-0.1, -0.05) is 11.6 Å². The van der Waals surface area contributed by atoms with E-state index in [0.717, 1.165) is 35.1 Å². The number of halogens is 1. The van der Waals surface area contributed by atoms with Crippen molar-refractivity contribution in [3.63, 3.8) is 0 Å². The molecule has 1 aliphatic rings. The van der Waals surface area contributed by atoms with Crippen LogP contribution in [0.4, 0.5) is 4.79 Å². The Kier molecular flexibility index (Phi) is 4.95. The number of thiophene rings is 1. The molecule has 6 heteroatoms. The minimum atomic E-state index is 0.0118. The summed E-state index contributed by atoms with van der Waals surface area (Å²) in [7, 11) is 0. The average molecular weight is 336 g/mol. The summed E-state index contributed by atoms with van der Waals surface area (Å²) < 4.78 is 0.752. The SMILES string of the molecule is O=C(NCc1ccc(Cl)s1)N1CCC(c2ccncc2)CC1. The van der Waals surface area contributed by atoms with E-state index in [2.05, 4.69) is 22.4 Å². The Morgan fingerprint density at radius 1 is 1.27 bits per heavy atom. The Balaban J connectivity index is 1.47. The van der Waals surface area contributed by atoms with E-state index in [9.17, 15) is 4.79 Å². The lowest BCUT2D eigenvalue weighted by Gasteiger charge is -2.32. The molecule has 1 aliphatic heterocycles. The van der Waals surface area contributed by atoms with Crippen LogP contribution in [0.5, 0.6) is 0 Å². The first kappa shape index (κ1) is 15.3. The van der Waals surface area contributed by atoms with Crippen LogP contribution in [0, 0.1) is 0 Å². The van der Waals surface area contributed by atoms with Crippen molar-refractivity contribution in [2.24, 2.45) is 0 Å². The summed E-state index contributed by atoms with van der Waals surface area (Å²) in [6.07, 6.45) is 5.67. The third kappa shape index (κ3) is 3.78. The number of piperidine rings is 1. The summed E-state index contributed by atoms with van der Waals surface area (Å²) in [5, 5.41) is 2.97. The van der Waals surface area contributed by atoms with Crippen molar-refractivity contribution < 1.29 is 4.79 Å². The van der Waals surface area contributed by atoms with Gasteiger partial charge in [0.15, 0.2) is 0 Å². The van der Waals surface area contributed by atoms with Crippen LogP contribution < -0.4 is 5.32 Å². The van der Waals surface area contributed by atoms with E-state index in [1.807, 2.05) is 29.4 Å². The molecule has 3 heterocycles. The Morgan fingerprint density at radius 2 is 2.00 bits per heavy atom. The highest BCUT2D eigenvalue weighted by Gasteiger charge is 2.23. The lowest BCUT2D eigenvalue weighted by atomic mass is 9.90. The maximum absolute atomic E-state index is 12.2. The molecule has 2 aromatic heterocycles. The van der Waals surface area contributed by atoms with Crippen molar-refractivity contribution in [2.75, 3.05) is 13.1 Å². The van der Waals surface area contributed by atoms with Gasteiger partial charge in [-0.15, -0.1) is 11.3 Å². The third-order valence-corrected chi connectivity index (χ3v) is 5.23. The van der Waals surface area contributed by atoms with Gasteiger partial charge in [0.1, 0.15) is 0 Å². The van der Waals surface area contributed by atoms with Crippen molar-refractivity contribution in [1.29, 1.82) is 0 Å². The lowest BCUT2D eigenvalue weighted by Crippen LogP contribution is -2.43. The number of carbonyl (C=O) groups is 1. The summed E-state index contributed by atoms with van der Waals surface area (Å²) in [5.74, 6) is 0.531. The second-order valence-corrected chi connectivity index (χ2v) is 7.21. The van der Waals surface area contributed by atoms with Gasteiger partial charge in [0.2, 0.25) is 0 Å². The van der Waals surface area contributed by atoms with Crippen LogP contribution in [0.1, 0.15) is 29.2 Å². The molecule has 0 spiro atoms. The quantitative estimate of drug-likeness (QED) is 0.925. The molecule has 116 valence electrons. The minimum absolute atomic E-state index is 0.0118. The van der Waals surface area contributed by atoms with Gasteiger partial charge in [-0.3, -0.25) is 4.98 Å². The fraction of sp³-hybridized carbons (Fsp3) is 0.375. The molecule has 0 atom stereocenters. The van der Waals surface area contributed by atoms with Crippen molar-refractivity contribution in [1.82, 2.24) is 15.2 Å². The Morgan fingerprint density at radius 3 is 2.64 bits per heavy atom. The van der Waals surface area contributed by atoms with Gasteiger partial charge in [0.25, 0.3) is 0 Å². The van der Waals surface area contributed by atoms with E-state index in [4.69, 9.17) is 11.6 Å². The number of likely N-dealkylation sites (tertiary alicyclic amines) is 1. The van der Waals surface area contributed by atoms with Gasteiger partial charge < -0.3 is 10.2 Å². The van der Waals surface area contributed by atoms with E-state index in [1.165, 1.54) is 16.9 Å². The molecule has 1 fully saturated rings.